The Bertz CT molecular complexity index is 1920. The summed E-state index contributed by atoms with van der Waals surface area (Å²) in [6.45, 7) is 4.37. The third-order valence-electron chi connectivity index (χ3n) is 8.24. The molecule has 0 saturated carbocycles. The zero-order chi connectivity index (χ0) is 31.6. The fourth-order valence-corrected chi connectivity index (χ4v) is 6.03. The van der Waals surface area contributed by atoms with Gasteiger partial charge in [0.15, 0.2) is 17.3 Å². The minimum absolute atomic E-state index is 0.0812. The molecule has 2 aliphatic rings. The molecule has 2 aliphatic heterocycles. The van der Waals surface area contributed by atoms with E-state index in [9.17, 15) is 9.59 Å². The largest absolute Gasteiger partial charge is 0.454 e. The Morgan fingerprint density at radius 2 is 1.65 bits per heavy atom. The Balaban J connectivity index is 0.916. The number of halogens is 2. The van der Waals surface area contributed by atoms with E-state index in [-0.39, 0.29) is 31.4 Å². The number of hydrogen-bond acceptors (Lipinski definition) is 7. The third-order valence-corrected chi connectivity index (χ3v) is 8.98. The van der Waals surface area contributed by atoms with Gasteiger partial charge in [-0.05, 0) is 65.7 Å². The molecule has 0 atom stereocenters. The van der Waals surface area contributed by atoms with Gasteiger partial charge in [0.25, 0.3) is 0 Å². The number of pyridine rings is 1. The van der Waals surface area contributed by atoms with Gasteiger partial charge < -0.3 is 23.7 Å². The highest BCUT2D eigenvalue weighted by molar-refractivity contribution is 6.42. The van der Waals surface area contributed by atoms with Crippen LogP contribution in [0.4, 0.5) is 0 Å². The molecule has 4 heterocycles. The highest BCUT2D eigenvalue weighted by Crippen LogP contribution is 2.33. The fourth-order valence-electron chi connectivity index (χ4n) is 5.73. The summed E-state index contributed by atoms with van der Waals surface area (Å²) in [6, 6.07) is 22.2. The number of carbonyl (C=O) groups excluding carboxylic acids is 2. The Hall–Kier alpha value is -4.57. The molecule has 2 aromatic heterocycles. The minimum Gasteiger partial charge on any atom is -0.454 e. The zero-order valence-corrected chi connectivity index (χ0v) is 26.3. The molecule has 0 unspecified atom stereocenters. The van der Waals surface area contributed by atoms with Crippen LogP contribution in [0.15, 0.2) is 85.2 Å². The zero-order valence-electron chi connectivity index (χ0n) is 24.8. The predicted octanol–water partition coefficient (Wildman–Crippen LogP) is 6.63. The van der Waals surface area contributed by atoms with E-state index in [4.69, 9.17) is 37.4 Å². The monoisotopic (exact) mass is 656 g/mol. The van der Waals surface area contributed by atoms with Crippen molar-refractivity contribution in [2.45, 2.75) is 19.5 Å². The first-order valence-electron chi connectivity index (χ1n) is 15.0. The molecule has 0 N–H and O–H groups in total. The number of piperazine rings is 1. The van der Waals surface area contributed by atoms with Gasteiger partial charge in [0, 0.05) is 74.1 Å². The lowest BCUT2D eigenvalue weighted by molar-refractivity contribution is -0.133. The van der Waals surface area contributed by atoms with E-state index < -0.39 is 0 Å². The normalized spacial score (nSPS) is 14.5. The third kappa shape index (κ3) is 6.67. The van der Waals surface area contributed by atoms with E-state index in [1.54, 1.807) is 30.5 Å². The Morgan fingerprint density at radius 1 is 0.826 bits per heavy atom. The van der Waals surface area contributed by atoms with E-state index >= 15 is 0 Å². The molecular formula is C35H30Cl2N4O5. The van der Waals surface area contributed by atoms with Gasteiger partial charge in [-0.2, -0.15) is 0 Å². The molecule has 234 valence electrons. The number of ketones is 1. The van der Waals surface area contributed by atoms with Crippen LogP contribution in [-0.2, 0) is 24.3 Å². The second kappa shape index (κ2) is 13.0. The van der Waals surface area contributed by atoms with E-state index in [1.165, 1.54) is 5.56 Å². The van der Waals surface area contributed by atoms with Crippen molar-refractivity contribution in [2.24, 2.45) is 0 Å². The van der Waals surface area contributed by atoms with E-state index in [0.29, 0.717) is 40.3 Å². The van der Waals surface area contributed by atoms with Crippen molar-refractivity contribution in [3.8, 4) is 23.1 Å². The molecule has 0 bridgehead atoms. The smallest absolute Gasteiger partial charge is 0.242 e. The number of nitrogens with zero attached hydrogens (tertiary/aromatic N) is 4. The van der Waals surface area contributed by atoms with Crippen molar-refractivity contribution in [3.63, 3.8) is 0 Å². The Labute approximate surface area is 275 Å². The van der Waals surface area contributed by atoms with Crippen molar-refractivity contribution >= 4 is 45.8 Å². The number of fused-ring (bicyclic) bond motifs is 2. The average molecular weight is 658 g/mol. The summed E-state index contributed by atoms with van der Waals surface area (Å²) >= 11 is 12.0. The fraction of sp³-hybridized carbons (Fsp3) is 0.229. The first kappa shape index (κ1) is 30.1. The van der Waals surface area contributed by atoms with Crippen LogP contribution in [-0.4, -0.2) is 64.0 Å². The molecule has 3 aromatic carbocycles. The maximum atomic E-state index is 13.2. The van der Waals surface area contributed by atoms with E-state index in [1.807, 2.05) is 58.1 Å². The number of carbonyl (C=O) groups is 2. The minimum atomic E-state index is -0.0812. The Morgan fingerprint density at radius 3 is 2.46 bits per heavy atom. The maximum Gasteiger partial charge on any atom is 0.242 e. The first-order valence-corrected chi connectivity index (χ1v) is 15.7. The highest BCUT2D eigenvalue weighted by atomic mass is 35.5. The molecule has 1 saturated heterocycles. The molecule has 9 nitrogen and oxygen atoms in total. The van der Waals surface area contributed by atoms with E-state index in [2.05, 4.69) is 16.0 Å². The van der Waals surface area contributed by atoms with Crippen molar-refractivity contribution in [3.05, 3.63) is 112 Å². The first-order chi connectivity index (χ1) is 22.4. The lowest BCUT2D eigenvalue weighted by Crippen LogP contribution is -2.49. The summed E-state index contributed by atoms with van der Waals surface area (Å²) in [4.78, 5) is 34.5. The number of Topliss-reactive ketones (excluding diaryl/α,β-unsaturated/α-hetero) is 1. The van der Waals surface area contributed by atoms with Gasteiger partial charge in [-0.25, -0.2) is 4.98 Å². The van der Waals surface area contributed by atoms with Crippen LogP contribution >= 0.6 is 23.2 Å². The molecule has 11 heteroatoms. The summed E-state index contributed by atoms with van der Waals surface area (Å²) in [6.07, 6.45) is 3.74. The second-order valence-corrected chi connectivity index (χ2v) is 12.2. The lowest BCUT2D eigenvalue weighted by atomic mass is 10.0. The van der Waals surface area contributed by atoms with Crippen LogP contribution in [0.25, 0.3) is 10.9 Å². The van der Waals surface area contributed by atoms with Crippen molar-refractivity contribution in [1.29, 1.82) is 0 Å². The Kier molecular flexibility index (Phi) is 8.53. The average Bonchev–Trinajstić information content (AvgIpc) is 3.70. The molecule has 46 heavy (non-hydrogen) atoms. The molecular weight excluding hydrogens is 627 g/mol. The summed E-state index contributed by atoms with van der Waals surface area (Å²) in [5.74, 6) is 2.64. The van der Waals surface area contributed by atoms with Gasteiger partial charge >= 0.3 is 0 Å². The van der Waals surface area contributed by atoms with Crippen LogP contribution in [0.5, 0.6) is 23.1 Å². The SMILES string of the molecule is O=C(Cc1ccc(Oc2ccc3c(ccn3CC(=O)N3CCN(Cc4ccc5c(c4)OCO5)CC3)c2)nc1)c1ccc(Cl)c(Cl)c1. The summed E-state index contributed by atoms with van der Waals surface area (Å²) in [5.41, 5.74) is 3.37. The van der Waals surface area contributed by atoms with Gasteiger partial charge in [0.1, 0.15) is 12.3 Å². The van der Waals surface area contributed by atoms with Crippen molar-refractivity contribution in [2.75, 3.05) is 33.0 Å². The standard InChI is InChI=1S/C35H30Cl2N4O5/c36-28-5-3-26(18-29(28)37)31(42)15-23-2-8-34(38-19-23)46-27-4-6-30-25(17-27)9-10-41(30)21-35(43)40-13-11-39(12-14-40)20-24-1-7-32-33(16-24)45-22-44-32/h1-10,16-19H,11-15,20-22H2. The van der Waals surface area contributed by atoms with Crippen LogP contribution < -0.4 is 14.2 Å². The highest BCUT2D eigenvalue weighted by Gasteiger charge is 2.23. The van der Waals surface area contributed by atoms with Crippen LogP contribution in [0.3, 0.4) is 0 Å². The van der Waals surface area contributed by atoms with Crippen LogP contribution in [0.1, 0.15) is 21.5 Å². The molecule has 7 rings (SSSR count). The van der Waals surface area contributed by atoms with Gasteiger partial charge in [-0.3, -0.25) is 14.5 Å². The number of rotatable bonds is 9. The molecule has 0 radical (unpaired) electrons. The van der Waals surface area contributed by atoms with E-state index in [0.717, 1.165) is 47.6 Å². The number of benzene rings is 3. The number of amides is 1. The van der Waals surface area contributed by atoms with Crippen molar-refractivity contribution < 1.29 is 23.8 Å². The molecule has 0 aliphatic carbocycles. The van der Waals surface area contributed by atoms with Gasteiger partial charge in [-0.1, -0.05) is 35.3 Å². The number of aromatic nitrogens is 2. The van der Waals surface area contributed by atoms with Crippen molar-refractivity contribution in [1.82, 2.24) is 19.4 Å². The summed E-state index contributed by atoms with van der Waals surface area (Å²) in [5, 5.41) is 1.71. The maximum absolute atomic E-state index is 13.2. The molecule has 1 amide bonds. The van der Waals surface area contributed by atoms with Crippen LogP contribution in [0, 0.1) is 0 Å². The number of ether oxygens (including phenoxy) is 3. The predicted molar refractivity (Wildman–Crippen MR) is 175 cm³/mol. The van der Waals surface area contributed by atoms with Crippen LogP contribution in [0.2, 0.25) is 10.0 Å². The second-order valence-electron chi connectivity index (χ2n) is 11.3. The van der Waals surface area contributed by atoms with Gasteiger partial charge in [0.05, 0.1) is 10.0 Å². The molecule has 5 aromatic rings. The topological polar surface area (TPSA) is 86.1 Å². The quantitative estimate of drug-likeness (QED) is 0.165. The van der Waals surface area contributed by atoms with Gasteiger partial charge in [-0.15, -0.1) is 0 Å². The number of hydrogen-bond donors (Lipinski definition) is 0. The lowest BCUT2D eigenvalue weighted by Gasteiger charge is -2.35. The molecule has 1 fully saturated rings. The molecule has 0 spiro atoms. The summed E-state index contributed by atoms with van der Waals surface area (Å²) < 4.78 is 18.9. The van der Waals surface area contributed by atoms with Gasteiger partial charge in [0.2, 0.25) is 18.6 Å². The summed E-state index contributed by atoms with van der Waals surface area (Å²) in [7, 11) is 0.